The number of hydrogen-bond donors (Lipinski definition) is 0. The number of aromatic nitrogens is 3. The highest BCUT2D eigenvalue weighted by Crippen LogP contribution is 2.31. The van der Waals surface area contributed by atoms with E-state index >= 15 is 0 Å². The summed E-state index contributed by atoms with van der Waals surface area (Å²) in [6, 6.07) is 7.79. The molecule has 0 spiro atoms. The van der Waals surface area contributed by atoms with E-state index in [2.05, 4.69) is 9.97 Å². The molecule has 2 heterocycles. The first kappa shape index (κ1) is 24.9. The number of carbonyl (C=O) groups excluding carboxylic acids is 1. The lowest BCUT2D eigenvalue weighted by atomic mass is 10.2. The van der Waals surface area contributed by atoms with Crippen molar-refractivity contribution in [3.8, 4) is 0 Å². The van der Waals surface area contributed by atoms with Crippen LogP contribution in [0.25, 0.3) is 16.3 Å². The van der Waals surface area contributed by atoms with Gasteiger partial charge in [-0.25, -0.2) is 18.7 Å². The fourth-order valence-electron chi connectivity index (χ4n) is 3.19. The fourth-order valence-corrected chi connectivity index (χ4v) is 4.23. The molecule has 0 unspecified atom stereocenters. The van der Waals surface area contributed by atoms with E-state index in [0.29, 0.717) is 18.5 Å². The van der Waals surface area contributed by atoms with Crippen molar-refractivity contribution in [2.75, 3.05) is 11.4 Å². The van der Waals surface area contributed by atoms with Crippen molar-refractivity contribution in [1.29, 1.82) is 0 Å². The molecule has 1 amide bonds. The van der Waals surface area contributed by atoms with Crippen LogP contribution >= 0.6 is 23.7 Å². The van der Waals surface area contributed by atoms with Crippen LogP contribution < -0.4 is 4.90 Å². The third kappa shape index (κ3) is 5.80. The van der Waals surface area contributed by atoms with Crippen LogP contribution in [-0.2, 0) is 11.3 Å². The van der Waals surface area contributed by atoms with Crippen LogP contribution in [0.15, 0.2) is 61.2 Å². The van der Waals surface area contributed by atoms with E-state index in [0.717, 1.165) is 17.4 Å². The zero-order valence-corrected chi connectivity index (χ0v) is 19.1. The van der Waals surface area contributed by atoms with E-state index in [9.17, 15) is 23.7 Å². The van der Waals surface area contributed by atoms with Crippen LogP contribution in [0.2, 0.25) is 0 Å². The number of imidazole rings is 1. The topological polar surface area (TPSA) is 94.2 Å². The Morgan fingerprint density at radius 2 is 2.09 bits per heavy atom. The molecule has 12 heteroatoms. The van der Waals surface area contributed by atoms with Crippen LogP contribution in [0.3, 0.4) is 0 Å². The van der Waals surface area contributed by atoms with Gasteiger partial charge in [0.25, 0.3) is 11.6 Å². The zero-order chi connectivity index (χ0) is 23.4. The van der Waals surface area contributed by atoms with Crippen LogP contribution in [0, 0.1) is 21.7 Å². The van der Waals surface area contributed by atoms with Gasteiger partial charge in [-0.1, -0.05) is 23.5 Å². The van der Waals surface area contributed by atoms with Crippen molar-refractivity contribution in [3.63, 3.8) is 0 Å². The molecule has 0 atom stereocenters. The minimum absolute atomic E-state index is 0. The highest BCUT2D eigenvalue weighted by molar-refractivity contribution is 7.22. The van der Waals surface area contributed by atoms with Gasteiger partial charge in [0, 0.05) is 49.8 Å². The summed E-state index contributed by atoms with van der Waals surface area (Å²) in [5, 5.41) is 11.2. The summed E-state index contributed by atoms with van der Waals surface area (Å²) >= 11 is 1.01. The summed E-state index contributed by atoms with van der Waals surface area (Å²) in [6.07, 6.45) is 8.40. The second-order valence-electron chi connectivity index (χ2n) is 7.06. The summed E-state index contributed by atoms with van der Waals surface area (Å²) in [4.78, 5) is 33.1. The Bertz CT molecular complexity index is 1340. The third-order valence-electron chi connectivity index (χ3n) is 4.76. The number of amides is 1. The van der Waals surface area contributed by atoms with E-state index in [1.54, 1.807) is 24.8 Å². The Kier molecular flexibility index (Phi) is 8.03. The Morgan fingerprint density at radius 3 is 2.82 bits per heavy atom. The van der Waals surface area contributed by atoms with E-state index < -0.39 is 22.5 Å². The quantitative estimate of drug-likeness (QED) is 0.185. The average molecular weight is 506 g/mol. The number of nitro benzene ring substituents is 1. The number of nitrogens with zero attached hydrogens (tertiary/aromatic N) is 5. The molecule has 0 N–H and O–H groups in total. The number of carbonyl (C=O) groups is 1. The third-order valence-corrected chi connectivity index (χ3v) is 5.78. The minimum atomic E-state index is -0.801. The number of nitro groups is 1. The molecule has 0 saturated carbocycles. The number of halogens is 3. The van der Waals surface area contributed by atoms with E-state index in [1.807, 2.05) is 4.57 Å². The number of rotatable bonds is 8. The molecule has 0 fully saturated rings. The number of benzene rings is 2. The Balaban J connectivity index is 0.00000324. The lowest BCUT2D eigenvalue weighted by molar-refractivity contribution is -0.384. The van der Waals surface area contributed by atoms with Gasteiger partial charge in [0.05, 0.1) is 16.0 Å². The van der Waals surface area contributed by atoms with Crippen molar-refractivity contribution in [2.45, 2.75) is 13.0 Å². The molecule has 176 valence electrons. The van der Waals surface area contributed by atoms with Gasteiger partial charge < -0.3 is 4.57 Å². The minimum Gasteiger partial charge on any atom is -0.337 e. The maximum absolute atomic E-state index is 14.2. The highest BCUT2D eigenvalue weighted by atomic mass is 35.5. The molecule has 0 aliphatic carbocycles. The smallest absolute Gasteiger partial charge is 0.270 e. The van der Waals surface area contributed by atoms with E-state index in [1.165, 1.54) is 41.3 Å². The number of hydrogen-bond acceptors (Lipinski definition) is 6. The lowest BCUT2D eigenvalue weighted by Gasteiger charge is -2.18. The van der Waals surface area contributed by atoms with E-state index in [4.69, 9.17) is 0 Å². The van der Waals surface area contributed by atoms with E-state index in [-0.39, 0.29) is 40.0 Å². The SMILES string of the molecule is Cl.O=C(/C=C/c1cccc([N+](=O)[O-])c1)N(CCCn1ccnc1)c1nc2c(F)cc(F)cc2s1. The van der Waals surface area contributed by atoms with Gasteiger partial charge in [0.1, 0.15) is 11.3 Å². The molecular formula is C22H18ClF2N5O3S. The summed E-state index contributed by atoms with van der Waals surface area (Å²) in [5.41, 5.74) is 0.380. The zero-order valence-electron chi connectivity index (χ0n) is 17.5. The molecule has 0 aliphatic rings. The predicted molar refractivity (Wildman–Crippen MR) is 128 cm³/mol. The molecule has 4 rings (SSSR count). The second kappa shape index (κ2) is 10.9. The van der Waals surface area contributed by atoms with Gasteiger partial charge in [0.2, 0.25) is 0 Å². The number of thiazole rings is 1. The van der Waals surface area contributed by atoms with Crippen molar-refractivity contribution in [2.24, 2.45) is 0 Å². The molecule has 2 aromatic heterocycles. The van der Waals surface area contributed by atoms with Crippen LogP contribution in [0.5, 0.6) is 0 Å². The second-order valence-corrected chi connectivity index (χ2v) is 8.07. The Morgan fingerprint density at radius 1 is 1.26 bits per heavy atom. The van der Waals surface area contributed by atoms with Gasteiger partial charge in [-0.3, -0.25) is 19.8 Å². The van der Waals surface area contributed by atoms with Crippen molar-refractivity contribution < 1.29 is 18.5 Å². The highest BCUT2D eigenvalue weighted by Gasteiger charge is 2.20. The molecule has 0 saturated heterocycles. The molecule has 2 aromatic carbocycles. The monoisotopic (exact) mass is 505 g/mol. The molecule has 8 nitrogen and oxygen atoms in total. The summed E-state index contributed by atoms with van der Waals surface area (Å²) in [6.45, 7) is 0.854. The first-order valence-corrected chi connectivity index (χ1v) is 10.7. The molecule has 0 radical (unpaired) electrons. The Hall–Kier alpha value is -3.70. The normalized spacial score (nSPS) is 11.0. The number of anilines is 1. The average Bonchev–Trinajstić information content (AvgIpc) is 3.45. The standard InChI is InChI=1S/C22H17F2N5O3S.ClH/c23-16-12-18(24)21-19(13-16)33-22(26-21)28(9-2-8-27-10-7-25-14-27)20(30)6-5-15-3-1-4-17(11-15)29(31)32;/h1,3-7,10-14H,2,8-9H2;1H/b6-5+;. The number of fused-ring (bicyclic) bond motifs is 1. The fraction of sp³-hybridized carbons (Fsp3) is 0.136. The lowest BCUT2D eigenvalue weighted by Crippen LogP contribution is -2.30. The summed E-state index contributed by atoms with van der Waals surface area (Å²) < 4.78 is 29.9. The van der Waals surface area contributed by atoms with Gasteiger partial charge in [-0.2, -0.15) is 0 Å². The van der Waals surface area contributed by atoms with Crippen molar-refractivity contribution in [3.05, 3.63) is 88.5 Å². The van der Waals surface area contributed by atoms with Crippen LogP contribution in [0.4, 0.5) is 19.6 Å². The number of non-ortho nitro benzene ring substituents is 1. The summed E-state index contributed by atoms with van der Waals surface area (Å²) in [7, 11) is 0. The van der Waals surface area contributed by atoms with Crippen molar-refractivity contribution >= 4 is 56.8 Å². The Labute approximate surface area is 202 Å². The molecule has 4 aromatic rings. The van der Waals surface area contributed by atoms with Gasteiger partial charge in [0.15, 0.2) is 10.9 Å². The molecule has 0 bridgehead atoms. The first-order chi connectivity index (χ1) is 15.9. The predicted octanol–water partition coefficient (Wildman–Crippen LogP) is 5.24. The maximum Gasteiger partial charge on any atom is 0.270 e. The maximum atomic E-state index is 14.2. The molecule has 34 heavy (non-hydrogen) atoms. The number of aryl methyl sites for hydroxylation is 1. The van der Waals surface area contributed by atoms with Gasteiger partial charge >= 0.3 is 0 Å². The van der Waals surface area contributed by atoms with Gasteiger partial charge in [-0.05, 0) is 24.1 Å². The van der Waals surface area contributed by atoms with Gasteiger partial charge in [-0.15, -0.1) is 12.4 Å². The summed E-state index contributed by atoms with van der Waals surface area (Å²) in [5.74, 6) is -1.96. The van der Waals surface area contributed by atoms with Crippen molar-refractivity contribution in [1.82, 2.24) is 14.5 Å². The molecular weight excluding hydrogens is 488 g/mol. The first-order valence-electron chi connectivity index (χ1n) is 9.86. The largest absolute Gasteiger partial charge is 0.337 e. The van der Waals surface area contributed by atoms with Crippen LogP contribution in [0.1, 0.15) is 12.0 Å². The molecule has 0 aliphatic heterocycles. The van der Waals surface area contributed by atoms with Crippen LogP contribution in [-0.4, -0.2) is 31.9 Å².